The second-order valence-electron chi connectivity index (χ2n) is 4.15. The molecular formula is C12H19N3O. The van der Waals surface area contributed by atoms with Crippen molar-refractivity contribution in [3.8, 4) is 0 Å². The summed E-state index contributed by atoms with van der Waals surface area (Å²) in [5.74, 6) is 0. The Morgan fingerprint density at radius 1 is 1.62 bits per heavy atom. The van der Waals surface area contributed by atoms with E-state index >= 15 is 0 Å². The number of rotatable bonds is 3. The molecule has 1 aromatic heterocycles. The molecule has 88 valence electrons. The monoisotopic (exact) mass is 221 g/mol. The number of nitrogens with zero attached hydrogens (tertiary/aromatic N) is 2. The van der Waals surface area contributed by atoms with Crippen molar-refractivity contribution in [2.45, 2.75) is 19.5 Å². The lowest BCUT2D eigenvalue weighted by atomic mass is 10.1. The summed E-state index contributed by atoms with van der Waals surface area (Å²) in [5, 5.41) is 3.18. The van der Waals surface area contributed by atoms with Gasteiger partial charge in [-0.2, -0.15) is 0 Å². The van der Waals surface area contributed by atoms with E-state index in [2.05, 4.69) is 28.2 Å². The Hall–Kier alpha value is -1.13. The standard InChI is InChI=1S/C12H19N3O/c1-10-9-16-6-5-15(10)12-3-4-14-8-11(12)7-13-2/h3-4,8,10,13H,5-7,9H2,1-2H3. The van der Waals surface area contributed by atoms with Gasteiger partial charge in [-0.25, -0.2) is 0 Å². The van der Waals surface area contributed by atoms with Crippen LogP contribution in [0.4, 0.5) is 5.69 Å². The highest BCUT2D eigenvalue weighted by molar-refractivity contribution is 5.53. The molecule has 4 nitrogen and oxygen atoms in total. The second-order valence-corrected chi connectivity index (χ2v) is 4.15. The normalized spacial score (nSPS) is 21.1. The molecule has 2 rings (SSSR count). The van der Waals surface area contributed by atoms with Gasteiger partial charge in [-0.15, -0.1) is 0 Å². The first kappa shape index (κ1) is 11.4. The van der Waals surface area contributed by atoms with Crippen molar-refractivity contribution in [1.29, 1.82) is 0 Å². The van der Waals surface area contributed by atoms with Gasteiger partial charge in [0.2, 0.25) is 0 Å². The molecule has 1 fully saturated rings. The number of ether oxygens (including phenoxy) is 1. The number of aromatic nitrogens is 1. The van der Waals surface area contributed by atoms with Crippen molar-refractivity contribution < 1.29 is 4.74 Å². The molecule has 0 aromatic carbocycles. The van der Waals surface area contributed by atoms with Gasteiger partial charge in [0.05, 0.1) is 13.2 Å². The highest BCUT2D eigenvalue weighted by atomic mass is 16.5. The summed E-state index contributed by atoms with van der Waals surface area (Å²) in [7, 11) is 1.96. The first-order valence-electron chi connectivity index (χ1n) is 5.75. The SMILES string of the molecule is CNCc1cnccc1N1CCOCC1C. The van der Waals surface area contributed by atoms with Crippen LogP contribution < -0.4 is 10.2 Å². The van der Waals surface area contributed by atoms with Gasteiger partial charge in [-0.3, -0.25) is 4.98 Å². The van der Waals surface area contributed by atoms with Crippen LogP contribution in [-0.4, -0.2) is 37.8 Å². The van der Waals surface area contributed by atoms with E-state index in [1.807, 2.05) is 19.4 Å². The third kappa shape index (κ3) is 2.33. The number of morpholine rings is 1. The molecule has 4 heteroatoms. The Morgan fingerprint density at radius 3 is 3.25 bits per heavy atom. The van der Waals surface area contributed by atoms with Crippen LogP contribution in [0.25, 0.3) is 0 Å². The summed E-state index contributed by atoms with van der Waals surface area (Å²) in [5.41, 5.74) is 2.53. The minimum absolute atomic E-state index is 0.437. The zero-order valence-corrected chi connectivity index (χ0v) is 9.94. The van der Waals surface area contributed by atoms with Crippen LogP contribution in [0.2, 0.25) is 0 Å². The Balaban J connectivity index is 2.23. The van der Waals surface area contributed by atoms with E-state index in [4.69, 9.17) is 4.74 Å². The Bertz CT molecular complexity index is 343. The van der Waals surface area contributed by atoms with Gasteiger partial charge in [0.15, 0.2) is 0 Å². The van der Waals surface area contributed by atoms with Gasteiger partial charge >= 0.3 is 0 Å². The Kier molecular flexibility index (Phi) is 3.74. The maximum absolute atomic E-state index is 5.46. The molecule has 1 aromatic rings. The molecule has 1 aliphatic rings. The molecule has 1 aliphatic heterocycles. The van der Waals surface area contributed by atoms with Crippen molar-refractivity contribution in [2.24, 2.45) is 0 Å². The summed E-state index contributed by atoms with van der Waals surface area (Å²) in [6, 6.07) is 2.53. The third-order valence-electron chi connectivity index (χ3n) is 2.92. The number of nitrogens with one attached hydrogen (secondary N) is 1. The van der Waals surface area contributed by atoms with E-state index in [-0.39, 0.29) is 0 Å². The lowest BCUT2D eigenvalue weighted by Gasteiger charge is -2.36. The summed E-state index contributed by atoms with van der Waals surface area (Å²) in [4.78, 5) is 6.59. The van der Waals surface area contributed by atoms with Crippen LogP contribution >= 0.6 is 0 Å². The van der Waals surface area contributed by atoms with Gasteiger partial charge < -0.3 is 15.0 Å². The van der Waals surface area contributed by atoms with Crippen molar-refractivity contribution in [1.82, 2.24) is 10.3 Å². The maximum atomic E-state index is 5.46. The molecular weight excluding hydrogens is 202 g/mol. The van der Waals surface area contributed by atoms with Crippen LogP contribution in [0.15, 0.2) is 18.5 Å². The fraction of sp³-hybridized carbons (Fsp3) is 0.583. The Labute approximate surface area is 96.6 Å². The number of hydrogen-bond donors (Lipinski definition) is 1. The number of anilines is 1. The molecule has 0 spiro atoms. The van der Waals surface area contributed by atoms with Crippen LogP contribution in [-0.2, 0) is 11.3 Å². The molecule has 0 bridgehead atoms. The van der Waals surface area contributed by atoms with Gasteiger partial charge in [-0.05, 0) is 20.0 Å². The minimum atomic E-state index is 0.437. The fourth-order valence-corrected chi connectivity index (χ4v) is 2.11. The average molecular weight is 221 g/mol. The van der Waals surface area contributed by atoms with E-state index in [0.29, 0.717) is 6.04 Å². The molecule has 2 heterocycles. The predicted octanol–water partition coefficient (Wildman–Crippen LogP) is 1.03. The summed E-state index contributed by atoms with van der Waals surface area (Å²) < 4.78 is 5.46. The largest absolute Gasteiger partial charge is 0.377 e. The molecule has 0 aliphatic carbocycles. The van der Waals surface area contributed by atoms with E-state index in [9.17, 15) is 0 Å². The lowest BCUT2D eigenvalue weighted by Crippen LogP contribution is -2.44. The maximum Gasteiger partial charge on any atom is 0.0668 e. The quantitative estimate of drug-likeness (QED) is 0.827. The van der Waals surface area contributed by atoms with Crippen molar-refractivity contribution >= 4 is 5.69 Å². The first-order chi connectivity index (χ1) is 7.83. The number of pyridine rings is 1. The summed E-state index contributed by atoms with van der Waals surface area (Å²) in [6.07, 6.45) is 3.80. The van der Waals surface area contributed by atoms with Gasteiger partial charge in [0, 0.05) is 42.8 Å². The zero-order chi connectivity index (χ0) is 11.4. The topological polar surface area (TPSA) is 37.4 Å². The van der Waals surface area contributed by atoms with E-state index in [0.717, 1.165) is 26.3 Å². The van der Waals surface area contributed by atoms with Crippen molar-refractivity contribution in [3.63, 3.8) is 0 Å². The molecule has 0 radical (unpaired) electrons. The molecule has 16 heavy (non-hydrogen) atoms. The van der Waals surface area contributed by atoms with Gasteiger partial charge in [0.1, 0.15) is 0 Å². The summed E-state index contributed by atoms with van der Waals surface area (Å²) in [6.45, 7) is 5.63. The zero-order valence-electron chi connectivity index (χ0n) is 9.94. The van der Waals surface area contributed by atoms with Gasteiger partial charge in [0.25, 0.3) is 0 Å². The highest BCUT2D eigenvalue weighted by Crippen LogP contribution is 2.23. The van der Waals surface area contributed by atoms with Crippen LogP contribution in [0, 0.1) is 0 Å². The van der Waals surface area contributed by atoms with E-state index < -0.39 is 0 Å². The van der Waals surface area contributed by atoms with Gasteiger partial charge in [-0.1, -0.05) is 0 Å². The molecule has 0 saturated carbocycles. The molecule has 1 N–H and O–H groups in total. The molecule has 1 atom stereocenters. The fourth-order valence-electron chi connectivity index (χ4n) is 2.11. The molecule has 1 unspecified atom stereocenters. The van der Waals surface area contributed by atoms with E-state index in [1.165, 1.54) is 11.3 Å². The van der Waals surface area contributed by atoms with E-state index in [1.54, 1.807) is 0 Å². The first-order valence-corrected chi connectivity index (χ1v) is 5.75. The van der Waals surface area contributed by atoms with Crippen LogP contribution in [0.3, 0.4) is 0 Å². The van der Waals surface area contributed by atoms with Crippen molar-refractivity contribution in [3.05, 3.63) is 24.0 Å². The predicted molar refractivity (Wildman–Crippen MR) is 64.6 cm³/mol. The Morgan fingerprint density at radius 2 is 2.50 bits per heavy atom. The average Bonchev–Trinajstić information content (AvgIpc) is 2.31. The third-order valence-corrected chi connectivity index (χ3v) is 2.92. The van der Waals surface area contributed by atoms with Crippen LogP contribution in [0.1, 0.15) is 12.5 Å². The van der Waals surface area contributed by atoms with Crippen LogP contribution in [0.5, 0.6) is 0 Å². The lowest BCUT2D eigenvalue weighted by molar-refractivity contribution is 0.0988. The minimum Gasteiger partial charge on any atom is -0.377 e. The van der Waals surface area contributed by atoms with Crippen molar-refractivity contribution in [2.75, 3.05) is 31.7 Å². The number of hydrogen-bond acceptors (Lipinski definition) is 4. The smallest absolute Gasteiger partial charge is 0.0668 e. The second kappa shape index (κ2) is 5.27. The molecule has 1 saturated heterocycles. The summed E-state index contributed by atoms with van der Waals surface area (Å²) >= 11 is 0. The highest BCUT2D eigenvalue weighted by Gasteiger charge is 2.20. The molecule has 0 amide bonds.